The SMILES string of the molecule is Cn1nnc(COCc2nc(C(F)(F)Cl)ccc2C(=O)Nc2nnnn2C)n1. The second-order valence-electron chi connectivity index (χ2n) is 5.46. The van der Waals surface area contributed by atoms with Gasteiger partial charge in [0.05, 0.1) is 24.9 Å². The lowest BCUT2D eigenvalue weighted by atomic mass is 10.1. The third kappa shape index (κ3) is 4.58. The van der Waals surface area contributed by atoms with E-state index in [1.54, 1.807) is 7.05 Å². The number of tetrazole rings is 2. The monoisotopic (exact) mass is 414 g/mol. The Kier molecular flexibility index (Phi) is 5.51. The van der Waals surface area contributed by atoms with Crippen LogP contribution in [-0.2, 0) is 37.4 Å². The van der Waals surface area contributed by atoms with Gasteiger partial charge in [-0.3, -0.25) is 10.1 Å². The summed E-state index contributed by atoms with van der Waals surface area (Å²) < 4.78 is 33.4. The molecular weight excluding hydrogens is 402 g/mol. The average Bonchev–Trinajstić information content (AvgIpc) is 3.22. The summed E-state index contributed by atoms with van der Waals surface area (Å²) in [6, 6.07) is 2.11. The van der Waals surface area contributed by atoms with Gasteiger partial charge in [0.2, 0.25) is 5.95 Å². The van der Waals surface area contributed by atoms with E-state index in [0.717, 1.165) is 12.1 Å². The molecule has 3 aromatic rings. The fourth-order valence-electron chi connectivity index (χ4n) is 2.10. The summed E-state index contributed by atoms with van der Waals surface area (Å²) in [6.45, 7) is -0.343. The highest BCUT2D eigenvalue weighted by Crippen LogP contribution is 2.31. The Morgan fingerprint density at radius 3 is 2.64 bits per heavy atom. The van der Waals surface area contributed by atoms with Crippen molar-refractivity contribution in [1.29, 1.82) is 0 Å². The lowest BCUT2D eigenvalue weighted by Crippen LogP contribution is -2.20. The largest absolute Gasteiger partial charge is 0.367 e. The van der Waals surface area contributed by atoms with E-state index < -0.39 is 17.0 Å². The summed E-state index contributed by atoms with van der Waals surface area (Å²) in [7, 11) is 3.09. The first-order valence-electron chi connectivity index (χ1n) is 7.65. The van der Waals surface area contributed by atoms with Crippen molar-refractivity contribution >= 4 is 23.5 Å². The number of rotatable bonds is 7. The van der Waals surface area contributed by atoms with Gasteiger partial charge in [-0.05, 0) is 39.4 Å². The summed E-state index contributed by atoms with van der Waals surface area (Å²) in [5.74, 6) is -0.323. The van der Waals surface area contributed by atoms with E-state index in [1.165, 1.54) is 16.5 Å². The number of halogens is 3. The summed E-state index contributed by atoms with van der Waals surface area (Å²) in [6.07, 6.45) is 0. The van der Waals surface area contributed by atoms with E-state index in [2.05, 4.69) is 41.2 Å². The number of hydrogen-bond donors (Lipinski definition) is 1. The van der Waals surface area contributed by atoms with Gasteiger partial charge < -0.3 is 4.74 Å². The van der Waals surface area contributed by atoms with Crippen molar-refractivity contribution in [3.8, 4) is 0 Å². The Balaban J connectivity index is 1.81. The number of aryl methyl sites for hydroxylation is 2. The Morgan fingerprint density at radius 1 is 1.25 bits per heavy atom. The van der Waals surface area contributed by atoms with E-state index in [4.69, 9.17) is 16.3 Å². The molecule has 1 amide bonds. The number of pyridine rings is 1. The molecule has 15 heteroatoms. The van der Waals surface area contributed by atoms with Gasteiger partial charge in [-0.25, -0.2) is 9.67 Å². The van der Waals surface area contributed by atoms with Gasteiger partial charge in [0.25, 0.3) is 5.91 Å². The van der Waals surface area contributed by atoms with Crippen molar-refractivity contribution in [2.24, 2.45) is 14.1 Å². The predicted molar refractivity (Wildman–Crippen MR) is 88.0 cm³/mol. The number of aromatic nitrogens is 9. The van der Waals surface area contributed by atoms with Gasteiger partial charge in [0.1, 0.15) is 12.3 Å². The Hall–Kier alpha value is -3.13. The number of ether oxygens (including phenoxy) is 1. The summed E-state index contributed by atoms with van der Waals surface area (Å²) in [5, 5.41) is 20.6. The minimum absolute atomic E-state index is 0.0141. The van der Waals surface area contributed by atoms with Crippen LogP contribution in [-0.4, -0.2) is 51.3 Å². The van der Waals surface area contributed by atoms with Gasteiger partial charge >= 0.3 is 5.38 Å². The standard InChI is InChI=1S/C13H13ClF2N10O2/c1-25-12(20-22-24-25)18-11(27)7-3-4-9(13(14,15)16)17-8(7)5-28-6-10-19-23-26(2)21-10/h3-4H,5-6H2,1-2H3,(H,18,20,24,27). The Labute approximate surface area is 160 Å². The molecule has 0 atom stereocenters. The molecule has 0 aliphatic heterocycles. The zero-order chi connectivity index (χ0) is 20.3. The van der Waals surface area contributed by atoms with Crippen LogP contribution in [0.15, 0.2) is 12.1 Å². The molecule has 0 unspecified atom stereocenters. The van der Waals surface area contributed by atoms with Gasteiger partial charge in [0.15, 0.2) is 5.82 Å². The summed E-state index contributed by atoms with van der Waals surface area (Å²) in [4.78, 5) is 17.5. The van der Waals surface area contributed by atoms with Crippen LogP contribution in [0.5, 0.6) is 0 Å². The number of amides is 1. The molecule has 0 radical (unpaired) electrons. The van der Waals surface area contributed by atoms with Crippen molar-refractivity contribution in [2.45, 2.75) is 18.6 Å². The average molecular weight is 415 g/mol. The van der Waals surface area contributed by atoms with Crippen LogP contribution in [0.1, 0.15) is 27.6 Å². The number of nitrogens with zero attached hydrogens (tertiary/aromatic N) is 9. The molecule has 0 saturated heterocycles. The fourth-order valence-corrected chi connectivity index (χ4v) is 2.21. The molecule has 28 heavy (non-hydrogen) atoms. The number of alkyl halides is 3. The van der Waals surface area contributed by atoms with Crippen LogP contribution < -0.4 is 5.32 Å². The van der Waals surface area contributed by atoms with E-state index in [9.17, 15) is 13.6 Å². The Bertz CT molecular complexity index is 986. The zero-order valence-corrected chi connectivity index (χ0v) is 15.3. The molecule has 0 fully saturated rings. The van der Waals surface area contributed by atoms with Gasteiger partial charge in [-0.2, -0.15) is 13.6 Å². The lowest BCUT2D eigenvalue weighted by Gasteiger charge is -2.13. The second-order valence-corrected chi connectivity index (χ2v) is 5.93. The third-order valence-electron chi connectivity index (χ3n) is 3.37. The maximum absolute atomic E-state index is 13.4. The highest BCUT2D eigenvalue weighted by molar-refractivity contribution is 6.21. The van der Waals surface area contributed by atoms with Crippen molar-refractivity contribution in [3.63, 3.8) is 0 Å². The molecule has 0 aliphatic carbocycles. The maximum Gasteiger partial charge on any atom is 0.364 e. The van der Waals surface area contributed by atoms with Crippen molar-refractivity contribution in [3.05, 3.63) is 34.9 Å². The quantitative estimate of drug-likeness (QED) is 0.543. The van der Waals surface area contributed by atoms with Crippen molar-refractivity contribution < 1.29 is 18.3 Å². The minimum atomic E-state index is -3.70. The van der Waals surface area contributed by atoms with Gasteiger partial charge in [0, 0.05) is 7.05 Å². The molecule has 3 heterocycles. The fraction of sp³-hybridized carbons (Fsp3) is 0.385. The highest BCUT2D eigenvalue weighted by atomic mass is 35.5. The summed E-state index contributed by atoms with van der Waals surface area (Å²) >= 11 is 5.03. The third-order valence-corrected chi connectivity index (χ3v) is 3.57. The molecule has 148 valence electrons. The number of nitrogens with one attached hydrogen (secondary N) is 1. The maximum atomic E-state index is 13.4. The predicted octanol–water partition coefficient (Wildman–Crippen LogP) is 0.386. The van der Waals surface area contributed by atoms with E-state index in [0.29, 0.717) is 0 Å². The molecule has 0 saturated carbocycles. The molecule has 1 N–H and O–H groups in total. The minimum Gasteiger partial charge on any atom is -0.367 e. The lowest BCUT2D eigenvalue weighted by molar-refractivity contribution is 0.0832. The molecule has 3 aromatic heterocycles. The van der Waals surface area contributed by atoms with Crippen molar-refractivity contribution in [2.75, 3.05) is 5.32 Å². The number of carbonyl (C=O) groups is 1. The van der Waals surface area contributed by atoms with Crippen LogP contribution in [0.4, 0.5) is 14.7 Å². The molecule has 3 rings (SSSR count). The van der Waals surface area contributed by atoms with Gasteiger partial charge in [-0.15, -0.1) is 10.2 Å². The van der Waals surface area contributed by atoms with Crippen LogP contribution in [0.25, 0.3) is 0 Å². The van der Waals surface area contributed by atoms with Crippen LogP contribution >= 0.6 is 11.6 Å². The first-order chi connectivity index (χ1) is 13.2. The molecule has 0 spiro atoms. The summed E-state index contributed by atoms with van der Waals surface area (Å²) in [5.41, 5.74) is -0.795. The number of carbonyl (C=O) groups excluding carboxylic acids is 1. The van der Waals surface area contributed by atoms with E-state index in [1.807, 2.05) is 0 Å². The van der Waals surface area contributed by atoms with Crippen LogP contribution in [0.2, 0.25) is 0 Å². The molecule has 12 nitrogen and oxygen atoms in total. The topological polar surface area (TPSA) is 138 Å². The highest BCUT2D eigenvalue weighted by Gasteiger charge is 2.31. The first-order valence-corrected chi connectivity index (χ1v) is 8.03. The second kappa shape index (κ2) is 7.85. The number of hydrogen-bond acceptors (Lipinski definition) is 9. The smallest absolute Gasteiger partial charge is 0.364 e. The van der Waals surface area contributed by atoms with E-state index >= 15 is 0 Å². The van der Waals surface area contributed by atoms with Crippen LogP contribution in [0.3, 0.4) is 0 Å². The van der Waals surface area contributed by atoms with E-state index in [-0.39, 0.29) is 36.2 Å². The molecule has 0 aromatic carbocycles. The first kappa shape index (κ1) is 19.6. The van der Waals surface area contributed by atoms with Crippen LogP contribution in [0, 0.1) is 0 Å². The van der Waals surface area contributed by atoms with Crippen molar-refractivity contribution in [1.82, 2.24) is 45.4 Å². The van der Waals surface area contributed by atoms with Gasteiger partial charge in [-0.1, -0.05) is 5.10 Å². The zero-order valence-electron chi connectivity index (χ0n) is 14.5. The number of anilines is 1. The molecule has 0 aliphatic rings. The molecular formula is C13H13ClF2N10O2. The normalized spacial score (nSPS) is 11.6. The molecule has 0 bridgehead atoms. The Morgan fingerprint density at radius 2 is 2.04 bits per heavy atom.